The van der Waals surface area contributed by atoms with E-state index in [1.165, 1.54) is 5.56 Å². The Morgan fingerprint density at radius 3 is 2.26 bits per heavy atom. The summed E-state index contributed by atoms with van der Waals surface area (Å²) in [7, 11) is 0. The summed E-state index contributed by atoms with van der Waals surface area (Å²) in [5.74, 6) is 0.0395. The molecule has 0 fully saturated rings. The highest BCUT2D eigenvalue weighted by Crippen LogP contribution is 2.21. The summed E-state index contributed by atoms with van der Waals surface area (Å²) >= 11 is 0. The normalized spacial score (nSPS) is 11.7. The van der Waals surface area contributed by atoms with Crippen LogP contribution in [0.4, 0.5) is 0 Å². The molecule has 0 saturated carbocycles. The Kier molecular flexibility index (Phi) is 7.55. The Labute approximate surface area is 161 Å². The van der Waals surface area contributed by atoms with Crippen molar-refractivity contribution in [1.82, 2.24) is 10.3 Å². The number of benzene rings is 2. The Morgan fingerprint density at radius 2 is 1.67 bits per heavy atom. The van der Waals surface area contributed by atoms with Gasteiger partial charge in [-0.05, 0) is 67.9 Å². The first-order chi connectivity index (χ1) is 13.0. The van der Waals surface area contributed by atoms with Gasteiger partial charge in [-0.15, -0.1) is 0 Å². The Hall–Kier alpha value is -2.66. The molecule has 0 heterocycles. The predicted molar refractivity (Wildman–Crippen MR) is 110 cm³/mol. The number of aromatic hydroxyl groups is 1. The van der Waals surface area contributed by atoms with Crippen LogP contribution in [0.3, 0.4) is 0 Å². The quantitative estimate of drug-likeness (QED) is 0.548. The number of phenolic OH excluding ortho intramolecular Hbond substituents is 1. The standard InChI is InChI=1S/C22H29N3O2/c1-5-17-8-10-18(11-9-17)22(27)24-23-16(4)19-12-13-21(26)20(14-19)15-25(6-2)7-3/h8-14,26H,5-7,15H2,1-4H3,(H,24,27)/b23-16+. The zero-order valence-corrected chi connectivity index (χ0v) is 16.6. The van der Waals surface area contributed by atoms with Crippen molar-refractivity contribution in [3.05, 3.63) is 64.7 Å². The molecule has 0 spiro atoms. The van der Waals surface area contributed by atoms with E-state index in [-0.39, 0.29) is 11.7 Å². The third-order valence-corrected chi connectivity index (χ3v) is 4.74. The second-order valence-corrected chi connectivity index (χ2v) is 6.49. The fourth-order valence-corrected chi connectivity index (χ4v) is 2.78. The summed E-state index contributed by atoms with van der Waals surface area (Å²) in [6, 6.07) is 12.9. The molecular weight excluding hydrogens is 338 g/mol. The third-order valence-electron chi connectivity index (χ3n) is 4.74. The molecule has 0 aliphatic heterocycles. The van der Waals surface area contributed by atoms with Crippen LogP contribution in [0.1, 0.15) is 54.7 Å². The molecular formula is C22H29N3O2. The van der Waals surface area contributed by atoms with Gasteiger partial charge in [0.1, 0.15) is 5.75 Å². The van der Waals surface area contributed by atoms with Crippen LogP contribution in [0.15, 0.2) is 47.6 Å². The predicted octanol–water partition coefficient (Wildman–Crippen LogP) is 3.95. The molecule has 0 saturated heterocycles. The second kappa shape index (κ2) is 9.88. The third kappa shape index (κ3) is 5.66. The lowest BCUT2D eigenvalue weighted by Gasteiger charge is -2.19. The number of amides is 1. The molecule has 2 rings (SSSR count). The van der Waals surface area contributed by atoms with Gasteiger partial charge in [-0.25, -0.2) is 5.43 Å². The molecule has 5 nitrogen and oxygen atoms in total. The fourth-order valence-electron chi connectivity index (χ4n) is 2.78. The average Bonchev–Trinajstić information content (AvgIpc) is 2.71. The van der Waals surface area contributed by atoms with E-state index in [1.807, 2.05) is 43.3 Å². The summed E-state index contributed by atoms with van der Waals surface area (Å²) in [5.41, 5.74) is 6.79. The van der Waals surface area contributed by atoms with Crippen molar-refractivity contribution in [2.45, 2.75) is 40.7 Å². The van der Waals surface area contributed by atoms with Gasteiger partial charge in [0.05, 0.1) is 5.71 Å². The van der Waals surface area contributed by atoms with Crippen LogP contribution < -0.4 is 5.43 Å². The molecule has 27 heavy (non-hydrogen) atoms. The summed E-state index contributed by atoms with van der Waals surface area (Å²) < 4.78 is 0. The van der Waals surface area contributed by atoms with Crippen LogP contribution in [0.25, 0.3) is 0 Å². The van der Waals surface area contributed by atoms with Crippen LogP contribution in [-0.4, -0.2) is 34.7 Å². The summed E-state index contributed by atoms with van der Waals surface area (Å²) in [6.07, 6.45) is 0.940. The number of carbonyl (C=O) groups is 1. The molecule has 0 aliphatic carbocycles. The molecule has 2 N–H and O–H groups in total. The number of nitrogens with zero attached hydrogens (tertiary/aromatic N) is 2. The fraction of sp³-hybridized carbons (Fsp3) is 0.364. The minimum Gasteiger partial charge on any atom is -0.508 e. The summed E-state index contributed by atoms with van der Waals surface area (Å²) in [5, 5.41) is 14.4. The van der Waals surface area contributed by atoms with E-state index in [9.17, 15) is 9.90 Å². The van der Waals surface area contributed by atoms with Gasteiger partial charge in [0.15, 0.2) is 0 Å². The lowest BCUT2D eigenvalue weighted by Crippen LogP contribution is -2.22. The summed E-state index contributed by atoms with van der Waals surface area (Å²) in [6.45, 7) is 10.6. The van der Waals surface area contributed by atoms with E-state index in [4.69, 9.17) is 0 Å². The first-order valence-electron chi connectivity index (χ1n) is 9.46. The molecule has 0 radical (unpaired) electrons. The Balaban J connectivity index is 2.11. The number of nitrogens with one attached hydrogen (secondary N) is 1. The molecule has 0 aromatic heterocycles. The smallest absolute Gasteiger partial charge is 0.271 e. The molecule has 2 aromatic rings. The van der Waals surface area contributed by atoms with Gasteiger partial charge in [-0.3, -0.25) is 9.69 Å². The minimum atomic E-state index is -0.237. The molecule has 0 atom stereocenters. The van der Waals surface area contributed by atoms with Crippen LogP contribution >= 0.6 is 0 Å². The molecule has 2 aromatic carbocycles. The zero-order chi connectivity index (χ0) is 19.8. The molecule has 0 unspecified atom stereocenters. The van der Waals surface area contributed by atoms with Gasteiger partial charge in [0, 0.05) is 17.7 Å². The van der Waals surface area contributed by atoms with Crippen LogP contribution in [0.2, 0.25) is 0 Å². The molecule has 0 bridgehead atoms. The number of hydrogen-bond acceptors (Lipinski definition) is 4. The first kappa shape index (κ1) is 20.6. The second-order valence-electron chi connectivity index (χ2n) is 6.49. The molecule has 1 amide bonds. The van der Waals surface area contributed by atoms with Crippen molar-refractivity contribution < 1.29 is 9.90 Å². The first-order valence-corrected chi connectivity index (χ1v) is 9.46. The zero-order valence-electron chi connectivity index (χ0n) is 16.6. The van der Waals surface area contributed by atoms with Crippen LogP contribution in [-0.2, 0) is 13.0 Å². The van der Waals surface area contributed by atoms with Crippen molar-refractivity contribution in [2.75, 3.05) is 13.1 Å². The summed E-state index contributed by atoms with van der Waals surface area (Å²) in [4.78, 5) is 14.5. The van der Waals surface area contributed by atoms with Gasteiger partial charge in [0.25, 0.3) is 5.91 Å². The topological polar surface area (TPSA) is 64.9 Å². The van der Waals surface area contributed by atoms with Gasteiger partial charge >= 0.3 is 0 Å². The van der Waals surface area contributed by atoms with Gasteiger partial charge < -0.3 is 5.11 Å². The Bertz CT molecular complexity index is 794. The van der Waals surface area contributed by atoms with Crippen LogP contribution in [0, 0.1) is 0 Å². The van der Waals surface area contributed by atoms with E-state index in [2.05, 4.69) is 36.2 Å². The van der Waals surface area contributed by atoms with Gasteiger partial charge in [-0.2, -0.15) is 5.10 Å². The van der Waals surface area contributed by atoms with Gasteiger partial charge in [0.2, 0.25) is 0 Å². The molecule has 0 aliphatic rings. The van der Waals surface area contributed by atoms with E-state index in [0.717, 1.165) is 30.6 Å². The van der Waals surface area contributed by atoms with E-state index in [0.29, 0.717) is 17.8 Å². The number of carbonyl (C=O) groups excluding carboxylic acids is 1. The highest BCUT2D eigenvalue weighted by atomic mass is 16.3. The van der Waals surface area contributed by atoms with Crippen molar-refractivity contribution in [2.24, 2.45) is 5.10 Å². The number of hydrogen-bond donors (Lipinski definition) is 2. The molecule has 5 heteroatoms. The number of hydrazone groups is 1. The van der Waals surface area contributed by atoms with Gasteiger partial charge in [-0.1, -0.05) is 32.9 Å². The van der Waals surface area contributed by atoms with Crippen molar-refractivity contribution in [3.8, 4) is 5.75 Å². The van der Waals surface area contributed by atoms with Crippen molar-refractivity contribution in [3.63, 3.8) is 0 Å². The monoisotopic (exact) mass is 367 g/mol. The maximum atomic E-state index is 12.3. The highest BCUT2D eigenvalue weighted by molar-refractivity contribution is 6.01. The maximum Gasteiger partial charge on any atom is 0.271 e. The minimum absolute atomic E-state index is 0.237. The SMILES string of the molecule is CCc1ccc(C(=O)N/N=C(\C)c2ccc(O)c(CN(CC)CC)c2)cc1. The number of phenols is 1. The largest absolute Gasteiger partial charge is 0.508 e. The van der Waals surface area contributed by atoms with Crippen molar-refractivity contribution >= 4 is 11.6 Å². The maximum absolute atomic E-state index is 12.3. The lowest BCUT2D eigenvalue weighted by molar-refractivity contribution is 0.0955. The Morgan fingerprint density at radius 1 is 1.04 bits per heavy atom. The average molecular weight is 367 g/mol. The van der Waals surface area contributed by atoms with E-state index in [1.54, 1.807) is 6.07 Å². The lowest BCUT2D eigenvalue weighted by atomic mass is 10.1. The van der Waals surface area contributed by atoms with E-state index >= 15 is 0 Å². The van der Waals surface area contributed by atoms with Crippen molar-refractivity contribution in [1.29, 1.82) is 0 Å². The van der Waals surface area contributed by atoms with Crippen LogP contribution in [0.5, 0.6) is 5.75 Å². The number of aryl methyl sites for hydroxylation is 1. The number of rotatable bonds is 8. The highest BCUT2D eigenvalue weighted by Gasteiger charge is 2.09. The van der Waals surface area contributed by atoms with E-state index < -0.39 is 0 Å². The molecule has 144 valence electrons.